The van der Waals surface area contributed by atoms with Gasteiger partial charge in [0.05, 0.1) is 17.2 Å². The predicted molar refractivity (Wildman–Crippen MR) is 67.7 cm³/mol. The van der Waals surface area contributed by atoms with Crippen LogP contribution in [0.1, 0.15) is 38.5 Å². The topological polar surface area (TPSA) is 98.5 Å². The Kier molecular flexibility index (Phi) is 3.83. The molecular formula is C12H18N2O4S. The summed E-state index contributed by atoms with van der Waals surface area (Å²) in [4.78, 5) is 11.1. The Morgan fingerprint density at radius 2 is 2.00 bits per heavy atom. The molecule has 1 saturated heterocycles. The normalized spacial score (nSPS) is 27.2. The number of carboxylic acid groups (broad SMARTS) is 1. The lowest BCUT2D eigenvalue weighted by Crippen LogP contribution is -2.44. The van der Waals surface area contributed by atoms with Gasteiger partial charge in [-0.3, -0.25) is 4.79 Å². The summed E-state index contributed by atoms with van der Waals surface area (Å²) < 4.78 is 25.8. The van der Waals surface area contributed by atoms with Gasteiger partial charge in [0, 0.05) is 6.54 Å². The molecule has 1 saturated carbocycles. The van der Waals surface area contributed by atoms with Crippen LogP contribution in [0.4, 0.5) is 0 Å². The second-order valence-electron chi connectivity index (χ2n) is 5.46. The number of carboxylic acids is 1. The Morgan fingerprint density at radius 3 is 2.53 bits per heavy atom. The van der Waals surface area contributed by atoms with E-state index in [-0.39, 0.29) is 12.3 Å². The number of nitriles is 1. The molecule has 1 N–H and O–H groups in total. The van der Waals surface area contributed by atoms with Crippen molar-refractivity contribution in [3.05, 3.63) is 0 Å². The second kappa shape index (κ2) is 5.10. The van der Waals surface area contributed by atoms with Crippen molar-refractivity contribution in [2.45, 2.75) is 44.6 Å². The Labute approximate surface area is 113 Å². The van der Waals surface area contributed by atoms with Crippen molar-refractivity contribution in [1.29, 1.82) is 5.26 Å². The molecule has 2 fully saturated rings. The standard InChI is InChI=1S/C12H18N2O4S/c13-8-12(5-1-2-6-12)9-19(17,18)14-7-3-4-10(14)11(15)16/h10H,1-7,9H2,(H,15,16)/t10-/m0/s1. The highest BCUT2D eigenvalue weighted by Crippen LogP contribution is 2.39. The molecule has 1 aliphatic heterocycles. The third-order valence-electron chi connectivity index (χ3n) is 4.10. The van der Waals surface area contributed by atoms with E-state index < -0.39 is 27.4 Å². The average molecular weight is 286 g/mol. The summed E-state index contributed by atoms with van der Waals surface area (Å²) in [5, 5.41) is 18.3. The van der Waals surface area contributed by atoms with Crippen LogP contribution in [0.3, 0.4) is 0 Å². The molecule has 2 aliphatic rings. The lowest BCUT2D eigenvalue weighted by atomic mass is 9.91. The Morgan fingerprint density at radius 1 is 1.37 bits per heavy atom. The Balaban J connectivity index is 2.19. The Hall–Kier alpha value is -1.13. The molecule has 0 radical (unpaired) electrons. The molecule has 0 amide bonds. The van der Waals surface area contributed by atoms with Crippen molar-refractivity contribution in [3.8, 4) is 6.07 Å². The van der Waals surface area contributed by atoms with Crippen molar-refractivity contribution in [3.63, 3.8) is 0 Å². The van der Waals surface area contributed by atoms with Crippen LogP contribution in [0.25, 0.3) is 0 Å². The van der Waals surface area contributed by atoms with Gasteiger partial charge in [-0.15, -0.1) is 0 Å². The number of aliphatic carboxylic acids is 1. The quantitative estimate of drug-likeness (QED) is 0.829. The van der Waals surface area contributed by atoms with Gasteiger partial charge in [-0.1, -0.05) is 12.8 Å². The van der Waals surface area contributed by atoms with Crippen LogP contribution < -0.4 is 0 Å². The molecule has 19 heavy (non-hydrogen) atoms. The lowest BCUT2D eigenvalue weighted by molar-refractivity contribution is -0.140. The van der Waals surface area contributed by atoms with Gasteiger partial charge in [0.25, 0.3) is 0 Å². The predicted octanol–water partition coefficient (Wildman–Crippen LogP) is 0.949. The zero-order valence-corrected chi connectivity index (χ0v) is 11.5. The molecule has 0 unspecified atom stereocenters. The molecule has 7 heteroatoms. The lowest BCUT2D eigenvalue weighted by Gasteiger charge is -2.26. The molecule has 6 nitrogen and oxygen atoms in total. The first-order valence-electron chi connectivity index (χ1n) is 6.54. The monoisotopic (exact) mass is 286 g/mol. The van der Waals surface area contributed by atoms with Crippen molar-refractivity contribution >= 4 is 16.0 Å². The maximum absolute atomic E-state index is 12.4. The number of hydrogen-bond acceptors (Lipinski definition) is 4. The third-order valence-corrected chi connectivity index (χ3v) is 6.17. The zero-order valence-electron chi connectivity index (χ0n) is 10.7. The van der Waals surface area contributed by atoms with Crippen LogP contribution in [-0.4, -0.2) is 42.1 Å². The van der Waals surface area contributed by atoms with E-state index in [4.69, 9.17) is 5.11 Å². The minimum Gasteiger partial charge on any atom is -0.480 e. The van der Waals surface area contributed by atoms with Crippen molar-refractivity contribution in [2.24, 2.45) is 5.41 Å². The van der Waals surface area contributed by atoms with Gasteiger partial charge in [-0.05, 0) is 25.7 Å². The first-order valence-corrected chi connectivity index (χ1v) is 8.15. The molecule has 0 aromatic carbocycles. The highest BCUT2D eigenvalue weighted by molar-refractivity contribution is 7.89. The van der Waals surface area contributed by atoms with Crippen LogP contribution in [0.5, 0.6) is 0 Å². The first-order chi connectivity index (χ1) is 8.90. The van der Waals surface area contributed by atoms with E-state index in [9.17, 15) is 18.5 Å². The van der Waals surface area contributed by atoms with Gasteiger partial charge in [0.2, 0.25) is 10.0 Å². The number of hydrogen-bond donors (Lipinski definition) is 1. The summed E-state index contributed by atoms with van der Waals surface area (Å²) in [7, 11) is -3.68. The molecule has 1 heterocycles. The second-order valence-corrected chi connectivity index (χ2v) is 7.38. The summed E-state index contributed by atoms with van der Waals surface area (Å²) in [5.74, 6) is -1.33. The average Bonchev–Trinajstić information content (AvgIpc) is 2.96. The number of rotatable bonds is 4. The highest BCUT2D eigenvalue weighted by atomic mass is 32.2. The fourth-order valence-electron chi connectivity index (χ4n) is 3.09. The molecule has 0 aromatic heterocycles. The first kappa shape index (κ1) is 14.3. The SMILES string of the molecule is N#CC1(CS(=O)(=O)N2CCC[C@H]2C(=O)O)CCCC1. The van der Waals surface area contributed by atoms with E-state index in [1.807, 2.05) is 0 Å². The van der Waals surface area contributed by atoms with Crippen LogP contribution in [0.2, 0.25) is 0 Å². The van der Waals surface area contributed by atoms with Gasteiger partial charge < -0.3 is 5.11 Å². The van der Waals surface area contributed by atoms with Crippen LogP contribution in [0.15, 0.2) is 0 Å². The summed E-state index contributed by atoms with van der Waals surface area (Å²) in [6, 6.07) is 1.19. The van der Waals surface area contributed by atoms with E-state index in [0.29, 0.717) is 25.7 Å². The van der Waals surface area contributed by atoms with Gasteiger partial charge >= 0.3 is 5.97 Å². The highest BCUT2D eigenvalue weighted by Gasteiger charge is 2.45. The van der Waals surface area contributed by atoms with E-state index in [1.54, 1.807) is 0 Å². The van der Waals surface area contributed by atoms with Gasteiger partial charge in [-0.2, -0.15) is 9.57 Å². The molecule has 0 spiro atoms. The van der Waals surface area contributed by atoms with Crippen molar-refractivity contribution in [2.75, 3.05) is 12.3 Å². The number of sulfonamides is 1. The van der Waals surface area contributed by atoms with Gasteiger partial charge in [-0.25, -0.2) is 8.42 Å². The molecular weight excluding hydrogens is 268 g/mol. The van der Waals surface area contributed by atoms with E-state index >= 15 is 0 Å². The fourth-order valence-corrected chi connectivity index (χ4v) is 5.30. The Bertz CT molecular complexity index is 502. The third kappa shape index (κ3) is 2.74. The molecule has 1 aliphatic carbocycles. The van der Waals surface area contributed by atoms with Crippen molar-refractivity contribution in [1.82, 2.24) is 4.31 Å². The summed E-state index contributed by atoms with van der Waals surface area (Å²) in [6.07, 6.45) is 3.84. The van der Waals surface area contributed by atoms with Crippen LogP contribution >= 0.6 is 0 Å². The van der Waals surface area contributed by atoms with E-state index in [1.165, 1.54) is 0 Å². The zero-order chi connectivity index (χ0) is 14.1. The minimum absolute atomic E-state index is 0.236. The van der Waals surface area contributed by atoms with Crippen molar-refractivity contribution < 1.29 is 18.3 Å². The molecule has 2 rings (SSSR count). The fraction of sp³-hybridized carbons (Fsp3) is 0.833. The van der Waals surface area contributed by atoms with Crippen LogP contribution in [0, 0.1) is 16.7 Å². The smallest absolute Gasteiger partial charge is 0.322 e. The van der Waals surface area contributed by atoms with Gasteiger partial charge in [0.1, 0.15) is 6.04 Å². The summed E-state index contributed by atoms with van der Waals surface area (Å²) >= 11 is 0. The number of nitrogens with zero attached hydrogens (tertiary/aromatic N) is 2. The van der Waals surface area contributed by atoms with Gasteiger partial charge in [0.15, 0.2) is 0 Å². The summed E-state index contributed by atoms with van der Waals surface area (Å²) in [6.45, 7) is 0.251. The molecule has 0 bridgehead atoms. The van der Waals surface area contributed by atoms with E-state index in [0.717, 1.165) is 17.1 Å². The largest absolute Gasteiger partial charge is 0.480 e. The van der Waals surface area contributed by atoms with E-state index in [2.05, 4.69) is 6.07 Å². The maximum atomic E-state index is 12.4. The summed E-state index contributed by atoms with van der Waals surface area (Å²) in [5.41, 5.74) is -0.815. The maximum Gasteiger partial charge on any atom is 0.322 e. The minimum atomic E-state index is -3.68. The number of carbonyl (C=O) groups is 1. The molecule has 1 atom stereocenters. The van der Waals surface area contributed by atoms with Crippen LogP contribution in [-0.2, 0) is 14.8 Å². The molecule has 0 aromatic rings. The molecule has 106 valence electrons.